The Labute approximate surface area is 98.2 Å². The molecule has 0 heterocycles. The van der Waals surface area contributed by atoms with E-state index in [0.717, 1.165) is 19.3 Å². The molecule has 0 spiro atoms. The van der Waals surface area contributed by atoms with Crippen LogP contribution in [0.25, 0.3) is 0 Å². The second kappa shape index (κ2) is 10.5. The molecule has 1 amide bonds. The first-order valence-corrected chi connectivity index (χ1v) is 5.90. The topological polar surface area (TPSA) is 64.3 Å². The predicted molar refractivity (Wildman–Crippen MR) is 65.8 cm³/mol. The molecular formula is C12H24N2O2. The molecule has 4 nitrogen and oxygen atoms in total. The summed E-state index contributed by atoms with van der Waals surface area (Å²) < 4.78 is 4.94. The third kappa shape index (κ3) is 9.52. The van der Waals surface area contributed by atoms with Crippen molar-refractivity contribution in [1.82, 2.24) is 5.32 Å². The molecule has 0 aromatic heterocycles. The number of carbonyl (C=O) groups is 1. The summed E-state index contributed by atoms with van der Waals surface area (Å²) in [6.07, 6.45) is 4.71. The van der Waals surface area contributed by atoms with Crippen LogP contribution in [0, 0.1) is 5.92 Å². The van der Waals surface area contributed by atoms with E-state index in [9.17, 15) is 4.79 Å². The highest BCUT2D eigenvalue weighted by atomic mass is 16.5. The number of hydrogen-bond donors (Lipinski definition) is 2. The number of rotatable bonds is 10. The van der Waals surface area contributed by atoms with E-state index in [1.54, 1.807) is 0 Å². The Morgan fingerprint density at radius 1 is 1.56 bits per heavy atom. The fourth-order valence-corrected chi connectivity index (χ4v) is 1.36. The molecular weight excluding hydrogens is 204 g/mol. The summed E-state index contributed by atoms with van der Waals surface area (Å²) in [6.45, 7) is 7.53. The lowest BCUT2D eigenvalue weighted by Crippen LogP contribution is -2.25. The average Bonchev–Trinajstić information content (AvgIpc) is 2.26. The monoisotopic (exact) mass is 228 g/mol. The minimum Gasteiger partial charge on any atom is -0.502 e. The molecule has 1 atom stereocenters. The standard InChI is InChI=1S/C12H24N2O2/c1-3-16-10-4-9-14-12(15)6-5-11(2)7-8-13/h3,11H,1,4-10,13H2,2H3,(H,14,15). The number of hydrogen-bond acceptors (Lipinski definition) is 3. The van der Waals surface area contributed by atoms with Crippen molar-refractivity contribution in [2.24, 2.45) is 11.7 Å². The fourth-order valence-electron chi connectivity index (χ4n) is 1.36. The van der Waals surface area contributed by atoms with Crippen molar-refractivity contribution in [3.8, 4) is 0 Å². The van der Waals surface area contributed by atoms with E-state index in [2.05, 4.69) is 18.8 Å². The molecule has 0 saturated heterocycles. The molecule has 16 heavy (non-hydrogen) atoms. The zero-order chi connectivity index (χ0) is 12.2. The van der Waals surface area contributed by atoms with Gasteiger partial charge in [0.25, 0.3) is 0 Å². The Balaban J connectivity index is 3.33. The molecule has 0 saturated carbocycles. The number of nitrogens with two attached hydrogens (primary N) is 1. The normalized spacial score (nSPS) is 11.9. The lowest BCUT2D eigenvalue weighted by molar-refractivity contribution is -0.121. The predicted octanol–water partition coefficient (Wildman–Crippen LogP) is 1.42. The Hall–Kier alpha value is -1.03. The largest absolute Gasteiger partial charge is 0.502 e. The van der Waals surface area contributed by atoms with E-state index in [-0.39, 0.29) is 5.91 Å². The van der Waals surface area contributed by atoms with Crippen LogP contribution in [-0.4, -0.2) is 25.6 Å². The van der Waals surface area contributed by atoms with E-state index < -0.39 is 0 Å². The smallest absolute Gasteiger partial charge is 0.220 e. The molecule has 0 rings (SSSR count). The molecule has 0 aliphatic heterocycles. The van der Waals surface area contributed by atoms with Crippen LogP contribution in [0.1, 0.15) is 32.6 Å². The van der Waals surface area contributed by atoms with Gasteiger partial charge in [-0.15, -0.1) is 0 Å². The van der Waals surface area contributed by atoms with Gasteiger partial charge < -0.3 is 15.8 Å². The van der Waals surface area contributed by atoms with Gasteiger partial charge in [-0.1, -0.05) is 13.5 Å². The third-order valence-corrected chi connectivity index (χ3v) is 2.40. The van der Waals surface area contributed by atoms with Crippen LogP contribution >= 0.6 is 0 Å². The van der Waals surface area contributed by atoms with Crippen molar-refractivity contribution in [3.63, 3.8) is 0 Å². The quantitative estimate of drug-likeness (QED) is 0.439. The van der Waals surface area contributed by atoms with E-state index >= 15 is 0 Å². The van der Waals surface area contributed by atoms with Crippen LogP contribution in [0.5, 0.6) is 0 Å². The van der Waals surface area contributed by atoms with Gasteiger partial charge in [0.2, 0.25) is 5.91 Å². The van der Waals surface area contributed by atoms with Crippen LogP contribution in [0.4, 0.5) is 0 Å². The first-order valence-electron chi connectivity index (χ1n) is 5.90. The van der Waals surface area contributed by atoms with Crippen molar-refractivity contribution in [1.29, 1.82) is 0 Å². The van der Waals surface area contributed by atoms with Crippen molar-refractivity contribution in [2.75, 3.05) is 19.7 Å². The van der Waals surface area contributed by atoms with E-state index in [4.69, 9.17) is 10.5 Å². The van der Waals surface area contributed by atoms with Gasteiger partial charge >= 0.3 is 0 Å². The van der Waals surface area contributed by atoms with E-state index in [0.29, 0.717) is 32.0 Å². The maximum absolute atomic E-state index is 11.4. The molecule has 0 aliphatic carbocycles. The molecule has 0 bridgehead atoms. The highest BCUT2D eigenvalue weighted by Crippen LogP contribution is 2.08. The van der Waals surface area contributed by atoms with Crippen LogP contribution in [0.3, 0.4) is 0 Å². The van der Waals surface area contributed by atoms with Crippen molar-refractivity contribution in [2.45, 2.75) is 32.6 Å². The lowest BCUT2D eigenvalue weighted by Gasteiger charge is -2.09. The van der Waals surface area contributed by atoms with Crippen LogP contribution in [0.2, 0.25) is 0 Å². The summed E-state index contributed by atoms with van der Waals surface area (Å²) >= 11 is 0. The van der Waals surface area contributed by atoms with Gasteiger partial charge in [-0.3, -0.25) is 4.79 Å². The Kier molecular flexibility index (Phi) is 9.81. The number of ether oxygens (including phenoxy) is 1. The van der Waals surface area contributed by atoms with Gasteiger partial charge in [-0.05, 0) is 31.7 Å². The van der Waals surface area contributed by atoms with Crippen LogP contribution in [0.15, 0.2) is 12.8 Å². The van der Waals surface area contributed by atoms with Gasteiger partial charge in [-0.25, -0.2) is 0 Å². The third-order valence-electron chi connectivity index (χ3n) is 2.40. The minimum atomic E-state index is 0.113. The van der Waals surface area contributed by atoms with Crippen LogP contribution in [-0.2, 0) is 9.53 Å². The molecule has 4 heteroatoms. The first-order chi connectivity index (χ1) is 7.70. The second-order valence-corrected chi connectivity index (χ2v) is 3.96. The summed E-state index contributed by atoms with van der Waals surface area (Å²) in [5.41, 5.74) is 5.44. The first kappa shape index (κ1) is 15.0. The maximum atomic E-state index is 11.4. The van der Waals surface area contributed by atoms with Crippen LogP contribution < -0.4 is 11.1 Å². The molecule has 0 aromatic rings. The molecule has 1 unspecified atom stereocenters. The number of nitrogens with one attached hydrogen (secondary N) is 1. The number of amides is 1. The fraction of sp³-hybridized carbons (Fsp3) is 0.750. The SMILES string of the molecule is C=COCCCNC(=O)CCC(C)CCN. The zero-order valence-electron chi connectivity index (χ0n) is 10.2. The molecule has 0 radical (unpaired) electrons. The maximum Gasteiger partial charge on any atom is 0.220 e. The highest BCUT2D eigenvalue weighted by molar-refractivity contribution is 5.75. The summed E-state index contributed by atoms with van der Waals surface area (Å²) in [7, 11) is 0. The van der Waals surface area contributed by atoms with Crippen molar-refractivity contribution < 1.29 is 9.53 Å². The Bertz CT molecular complexity index is 195. The van der Waals surface area contributed by atoms with Gasteiger partial charge in [0, 0.05) is 13.0 Å². The molecule has 0 fully saturated rings. The van der Waals surface area contributed by atoms with Crippen molar-refractivity contribution >= 4 is 5.91 Å². The highest BCUT2D eigenvalue weighted by Gasteiger charge is 2.05. The average molecular weight is 228 g/mol. The molecule has 94 valence electrons. The van der Waals surface area contributed by atoms with Gasteiger partial charge in [0.05, 0.1) is 12.9 Å². The number of carbonyl (C=O) groups excluding carboxylic acids is 1. The molecule has 3 N–H and O–H groups in total. The van der Waals surface area contributed by atoms with Crippen molar-refractivity contribution in [3.05, 3.63) is 12.8 Å². The Morgan fingerprint density at radius 3 is 2.94 bits per heavy atom. The van der Waals surface area contributed by atoms with Gasteiger partial charge in [0.1, 0.15) is 0 Å². The summed E-state index contributed by atoms with van der Waals surface area (Å²) in [6, 6.07) is 0. The Morgan fingerprint density at radius 2 is 2.31 bits per heavy atom. The van der Waals surface area contributed by atoms with E-state index in [1.165, 1.54) is 6.26 Å². The molecule has 0 aromatic carbocycles. The zero-order valence-corrected chi connectivity index (χ0v) is 10.2. The van der Waals surface area contributed by atoms with E-state index in [1.807, 2.05) is 0 Å². The van der Waals surface area contributed by atoms with Gasteiger partial charge in [-0.2, -0.15) is 0 Å². The second-order valence-electron chi connectivity index (χ2n) is 3.96. The summed E-state index contributed by atoms with van der Waals surface area (Å²) in [5, 5.41) is 2.85. The lowest BCUT2D eigenvalue weighted by atomic mass is 10.0. The van der Waals surface area contributed by atoms with Gasteiger partial charge in [0.15, 0.2) is 0 Å². The minimum absolute atomic E-state index is 0.113. The molecule has 0 aliphatic rings. The summed E-state index contributed by atoms with van der Waals surface area (Å²) in [5.74, 6) is 0.641. The summed E-state index contributed by atoms with van der Waals surface area (Å²) in [4.78, 5) is 11.4.